The molecule has 94 valence electrons. The van der Waals surface area contributed by atoms with Gasteiger partial charge in [0.1, 0.15) is 0 Å². The summed E-state index contributed by atoms with van der Waals surface area (Å²) in [6, 6.07) is 0. The Bertz CT molecular complexity index is 207. The molecule has 0 unspecified atom stereocenters. The van der Waals surface area contributed by atoms with E-state index < -0.39 is 0 Å². The predicted octanol–water partition coefficient (Wildman–Crippen LogP) is 0.445. The quantitative estimate of drug-likeness (QED) is 0.445. The van der Waals surface area contributed by atoms with Crippen molar-refractivity contribution in [2.75, 3.05) is 26.7 Å². The number of hydrogen-bond acceptors (Lipinski definition) is 4. The van der Waals surface area contributed by atoms with Crippen molar-refractivity contribution < 1.29 is 14.3 Å². The number of carbonyl (C=O) groups excluding carboxylic acids is 2. The first-order valence-corrected chi connectivity index (χ1v) is 5.77. The average Bonchev–Trinajstić information content (AvgIpc) is 2.26. The van der Waals surface area contributed by atoms with Gasteiger partial charge in [0, 0.05) is 13.0 Å². The van der Waals surface area contributed by atoms with Gasteiger partial charge in [0.25, 0.3) is 0 Å². The number of ether oxygens (including phenoxy) is 1. The molecule has 0 heterocycles. The van der Waals surface area contributed by atoms with E-state index in [1.54, 1.807) is 6.92 Å². The highest BCUT2D eigenvalue weighted by atomic mass is 16.5. The number of nitrogens with one attached hydrogen (secondary N) is 2. The standard InChI is InChI=1S/C11H22N2O3/c1-3-16-11(15)7-6-10(14)13-9-5-4-8-12-2/h12H,3-9H2,1-2H3,(H,13,14). The zero-order valence-electron chi connectivity index (χ0n) is 10.2. The van der Waals surface area contributed by atoms with Crippen molar-refractivity contribution in [3.63, 3.8) is 0 Å². The molecule has 0 aromatic rings. The van der Waals surface area contributed by atoms with Crippen molar-refractivity contribution in [1.29, 1.82) is 0 Å². The fraction of sp³-hybridized carbons (Fsp3) is 0.818. The van der Waals surface area contributed by atoms with Gasteiger partial charge in [0.05, 0.1) is 13.0 Å². The van der Waals surface area contributed by atoms with Gasteiger partial charge in [0.15, 0.2) is 0 Å². The first kappa shape index (κ1) is 14.9. The smallest absolute Gasteiger partial charge is 0.306 e. The van der Waals surface area contributed by atoms with Gasteiger partial charge in [0.2, 0.25) is 5.91 Å². The van der Waals surface area contributed by atoms with Crippen LogP contribution in [0.15, 0.2) is 0 Å². The molecule has 16 heavy (non-hydrogen) atoms. The van der Waals surface area contributed by atoms with Crippen LogP contribution in [-0.2, 0) is 14.3 Å². The molecule has 0 aliphatic rings. The zero-order valence-corrected chi connectivity index (χ0v) is 10.2. The van der Waals surface area contributed by atoms with E-state index in [0.29, 0.717) is 13.2 Å². The molecule has 0 fully saturated rings. The number of rotatable bonds is 9. The van der Waals surface area contributed by atoms with Crippen molar-refractivity contribution in [3.05, 3.63) is 0 Å². The molecule has 0 rings (SSSR count). The largest absolute Gasteiger partial charge is 0.466 e. The second kappa shape index (κ2) is 10.4. The van der Waals surface area contributed by atoms with Gasteiger partial charge < -0.3 is 15.4 Å². The summed E-state index contributed by atoms with van der Waals surface area (Å²) in [5.41, 5.74) is 0. The number of hydrogen-bond donors (Lipinski definition) is 2. The molecular formula is C11H22N2O3. The normalized spacial score (nSPS) is 9.88. The molecule has 5 heteroatoms. The lowest BCUT2D eigenvalue weighted by Gasteiger charge is -2.05. The van der Waals surface area contributed by atoms with E-state index in [-0.39, 0.29) is 24.7 Å². The second-order valence-electron chi connectivity index (χ2n) is 3.47. The maximum absolute atomic E-state index is 11.2. The molecule has 0 bridgehead atoms. The molecule has 0 spiro atoms. The monoisotopic (exact) mass is 230 g/mol. The molecule has 5 nitrogen and oxygen atoms in total. The van der Waals surface area contributed by atoms with Crippen molar-refractivity contribution in [3.8, 4) is 0 Å². The molecule has 1 amide bonds. The van der Waals surface area contributed by atoms with Crippen molar-refractivity contribution in [1.82, 2.24) is 10.6 Å². The van der Waals surface area contributed by atoms with Crippen LogP contribution < -0.4 is 10.6 Å². The van der Waals surface area contributed by atoms with Crippen LogP contribution in [0, 0.1) is 0 Å². The summed E-state index contributed by atoms with van der Waals surface area (Å²) in [6.45, 7) is 3.74. The third-order valence-electron chi connectivity index (χ3n) is 2.04. The summed E-state index contributed by atoms with van der Waals surface area (Å²) in [5.74, 6) is -0.398. The summed E-state index contributed by atoms with van der Waals surface area (Å²) in [6.07, 6.45) is 2.36. The third kappa shape index (κ3) is 9.45. The highest BCUT2D eigenvalue weighted by molar-refractivity contribution is 5.81. The molecule has 0 aromatic carbocycles. The van der Waals surface area contributed by atoms with Crippen molar-refractivity contribution in [2.45, 2.75) is 32.6 Å². The second-order valence-corrected chi connectivity index (χ2v) is 3.47. The lowest BCUT2D eigenvalue weighted by atomic mass is 10.2. The number of amides is 1. The summed E-state index contributed by atoms with van der Waals surface area (Å²) in [7, 11) is 1.90. The fourth-order valence-electron chi connectivity index (χ4n) is 1.19. The third-order valence-corrected chi connectivity index (χ3v) is 2.04. The lowest BCUT2D eigenvalue weighted by Crippen LogP contribution is -2.25. The SMILES string of the molecule is CCOC(=O)CCC(=O)NCCCCNC. The molecule has 0 aromatic heterocycles. The molecule has 0 aliphatic heterocycles. The number of carbonyl (C=O) groups is 2. The Morgan fingerprint density at radius 1 is 1.12 bits per heavy atom. The molecular weight excluding hydrogens is 208 g/mol. The minimum Gasteiger partial charge on any atom is -0.466 e. The maximum atomic E-state index is 11.2. The Hall–Kier alpha value is -1.10. The van der Waals surface area contributed by atoms with Crippen LogP contribution in [0.4, 0.5) is 0 Å². The van der Waals surface area contributed by atoms with E-state index in [0.717, 1.165) is 19.4 Å². The molecule has 0 atom stereocenters. The van der Waals surface area contributed by atoms with Gasteiger partial charge in [-0.15, -0.1) is 0 Å². The topological polar surface area (TPSA) is 67.4 Å². The highest BCUT2D eigenvalue weighted by Gasteiger charge is 2.06. The molecule has 0 radical (unpaired) electrons. The molecule has 0 aliphatic carbocycles. The first-order valence-electron chi connectivity index (χ1n) is 5.77. The van der Waals surface area contributed by atoms with Crippen LogP contribution in [0.3, 0.4) is 0 Å². The van der Waals surface area contributed by atoms with E-state index in [1.807, 2.05) is 7.05 Å². The van der Waals surface area contributed by atoms with Crippen LogP contribution in [0.2, 0.25) is 0 Å². The van der Waals surface area contributed by atoms with E-state index in [2.05, 4.69) is 10.6 Å². The summed E-state index contributed by atoms with van der Waals surface area (Å²) >= 11 is 0. The molecule has 2 N–H and O–H groups in total. The number of unbranched alkanes of at least 4 members (excludes halogenated alkanes) is 1. The minimum atomic E-state index is -0.312. The Kier molecular flexibility index (Phi) is 9.70. The first-order chi connectivity index (χ1) is 7.70. The zero-order chi connectivity index (χ0) is 12.2. The highest BCUT2D eigenvalue weighted by Crippen LogP contribution is 1.93. The van der Waals surface area contributed by atoms with E-state index >= 15 is 0 Å². The van der Waals surface area contributed by atoms with Crippen LogP contribution in [0.5, 0.6) is 0 Å². The van der Waals surface area contributed by atoms with Gasteiger partial charge >= 0.3 is 5.97 Å². The van der Waals surface area contributed by atoms with E-state index in [9.17, 15) is 9.59 Å². The Morgan fingerprint density at radius 3 is 2.44 bits per heavy atom. The minimum absolute atomic E-state index is 0.0856. The van der Waals surface area contributed by atoms with Crippen LogP contribution in [-0.4, -0.2) is 38.6 Å². The summed E-state index contributed by atoms with van der Waals surface area (Å²) in [4.78, 5) is 22.2. The van der Waals surface area contributed by atoms with E-state index in [1.165, 1.54) is 0 Å². The summed E-state index contributed by atoms with van der Waals surface area (Å²) in [5, 5.41) is 5.80. The number of esters is 1. The Morgan fingerprint density at radius 2 is 1.81 bits per heavy atom. The predicted molar refractivity (Wildman–Crippen MR) is 62.0 cm³/mol. The molecule has 0 saturated carbocycles. The maximum Gasteiger partial charge on any atom is 0.306 e. The van der Waals surface area contributed by atoms with Crippen molar-refractivity contribution >= 4 is 11.9 Å². The Labute approximate surface area is 96.9 Å². The average molecular weight is 230 g/mol. The van der Waals surface area contributed by atoms with Crippen LogP contribution >= 0.6 is 0 Å². The van der Waals surface area contributed by atoms with Gasteiger partial charge in [-0.3, -0.25) is 9.59 Å². The van der Waals surface area contributed by atoms with Gasteiger partial charge in [-0.25, -0.2) is 0 Å². The van der Waals surface area contributed by atoms with E-state index in [4.69, 9.17) is 4.74 Å². The van der Waals surface area contributed by atoms with Crippen LogP contribution in [0.1, 0.15) is 32.6 Å². The van der Waals surface area contributed by atoms with Gasteiger partial charge in [-0.05, 0) is 33.4 Å². The van der Waals surface area contributed by atoms with Crippen molar-refractivity contribution in [2.24, 2.45) is 0 Å². The van der Waals surface area contributed by atoms with Gasteiger partial charge in [-0.2, -0.15) is 0 Å². The van der Waals surface area contributed by atoms with Gasteiger partial charge in [-0.1, -0.05) is 0 Å². The Balaban J connectivity index is 3.34. The van der Waals surface area contributed by atoms with Crippen LogP contribution in [0.25, 0.3) is 0 Å². The fourth-order valence-corrected chi connectivity index (χ4v) is 1.19. The lowest BCUT2D eigenvalue weighted by molar-refractivity contribution is -0.144. The summed E-state index contributed by atoms with van der Waals surface area (Å²) < 4.78 is 4.72. The molecule has 0 saturated heterocycles.